The van der Waals surface area contributed by atoms with Crippen molar-refractivity contribution in [2.45, 2.75) is 23.2 Å². The minimum absolute atomic E-state index is 0.00948. The molecule has 0 saturated carbocycles. The molecule has 9 nitrogen and oxygen atoms in total. The Morgan fingerprint density at radius 2 is 1.94 bits per heavy atom. The molecule has 0 radical (unpaired) electrons. The van der Waals surface area contributed by atoms with Crippen LogP contribution in [0.5, 0.6) is 0 Å². The number of benzene rings is 1. The van der Waals surface area contributed by atoms with E-state index in [9.17, 15) is 13.2 Å². The Hall–Kier alpha value is -2.37. The first-order valence-electron chi connectivity index (χ1n) is 9.56. The molecule has 12 heteroatoms. The summed E-state index contributed by atoms with van der Waals surface area (Å²) in [6.45, 7) is 0.462. The molecular weight excluding hydrogens is 462 g/mol. The van der Waals surface area contributed by atoms with E-state index >= 15 is 0 Å². The van der Waals surface area contributed by atoms with Gasteiger partial charge >= 0.3 is 0 Å². The maximum Gasteiger partial charge on any atom is 0.264 e. The van der Waals surface area contributed by atoms with Crippen LogP contribution < -0.4 is 0 Å². The Morgan fingerprint density at radius 3 is 2.58 bits per heavy atom. The molecule has 3 aromatic rings. The maximum atomic E-state index is 12.6. The van der Waals surface area contributed by atoms with Crippen LogP contribution in [0.25, 0.3) is 11.3 Å². The van der Waals surface area contributed by atoms with Crippen molar-refractivity contribution in [3.05, 3.63) is 41.4 Å². The van der Waals surface area contributed by atoms with Crippen LogP contribution in [0.2, 0.25) is 5.02 Å². The van der Waals surface area contributed by atoms with Gasteiger partial charge in [-0.25, -0.2) is 13.4 Å². The number of hydrogen-bond acceptors (Lipinski definition) is 8. The fraction of sp³-hybridized carbons (Fsp3) is 0.368. The Balaban J connectivity index is 1.52. The normalized spacial score (nSPS) is 15.9. The SMILES string of the molecule is Cn1cnnc1Sc1nc(-c2ccc(Cl)cc2)c(CCC(=O)N2CCS(=O)(=O)CC2)o1. The number of carbonyl (C=O) groups is 1. The van der Waals surface area contributed by atoms with Gasteiger partial charge in [0, 0.05) is 55.3 Å². The van der Waals surface area contributed by atoms with Crippen LogP contribution >= 0.6 is 23.4 Å². The average molecular weight is 482 g/mol. The van der Waals surface area contributed by atoms with Crippen LogP contribution in [0.15, 0.2) is 45.4 Å². The molecular formula is C19H20ClN5O4S2. The van der Waals surface area contributed by atoms with Crippen molar-refractivity contribution in [3.8, 4) is 11.3 Å². The van der Waals surface area contributed by atoms with E-state index < -0.39 is 9.84 Å². The van der Waals surface area contributed by atoms with E-state index in [0.29, 0.717) is 33.3 Å². The highest BCUT2D eigenvalue weighted by molar-refractivity contribution is 7.99. The van der Waals surface area contributed by atoms with Gasteiger partial charge in [0.1, 0.15) is 17.8 Å². The van der Waals surface area contributed by atoms with Gasteiger partial charge in [-0.3, -0.25) is 4.79 Å². The van der Waals surface area contributed by atoms with Crippen molar-refractivity contribution < 1.29 is 17.6 Å². The topological polar surface area (TPSA) is 111 Å². The third-order valence-electron chi connectivity index (χ3n) is 4.91. The van der Waals surface area contributed by atoms with Crippen molar-refractivity contribution in [2.24, 2.45) is 7.05 Å². The highest BCUT2D eigenvalue weighted by Gasteiger charge is 2.26. The third-order valence-corrected chi connectivity index (χ3v) is 7.67. The molecule has 3 heterocycles. The summed E-state index contributed by atoms with van der Waals surface area (Å²) >= 11 is 7.25. The zero-order valence-electron chi connectivity index (χ0n) is 16.7. The Bertz CT molecular complexity index is 1180. The van der Waals surface area contributed by atoms with Gasteiger partial charge in [-0.1, -0.05) is 23.7 Å². The smallest absolute Gasteiger partial charge is 0.264 e. The van der Waals surface area contributed by atoms with Crippen LogP contribution in [-0.4, -0.2) is 63.6 Å². The highest BCUT2D eigenvalue weighted by atomic mass is 35.5. The molecule has 4 rings (SSSR count). The molecule has 1 amide bonds. The summed E-state index contributed by atoms with van der Waals surface area (Å²) in [5.41, 5.74) is 1.46. The van der Waals surface area contributed by atoms with Gasteiger partial charge < -0.3 is 13.9 Å². The molecule has 1 aromatic carbocycles. The first kappa shape index (κ1) is 21.8. The van der Waals surface area contributed by atoms with Gasteiger partial charge in [-0.15, -0.1) is 10.2 Å². The first-order chi connectivity index (χ1) is 14.8. The summed E-state index contributed by atoms with van der Waals surface area (Å²) in [6.07, 6.45) is 2.13. The fourth-order valence-corrected chi connectivity index (χ4v) is 5.20. The lowest BCUT2D eigenvalue weighted by Crippen LogP contribution is -2.43. The van der Waals surface area contributed by atoms with Crippen molar-refractivity contribution in [1.82, 2.24) is 24.6 Å². The Labute approximate surface area is 188 Å². The summed E-state index contributed by atoms with van der Waals surface area (Å²) in [7, 11) is -1.21. The minimum atomic E-state index is -3.04. The molecule has 1 aliphatic heterocycles. The van der Waals surface area contributed by atoms with Crippen LogP contribution in [-0.2, 0) is 28.1 Å². The number of halogens is 1. The van der Waals surface area contributed by atoms with Gasteiger partial charge in [0.2, 0.25) is 5.91 Å². The number of carbonyl (C=O) groups excluding carboxylic acids is 1. The Morgan fingerprint density at radius 1 is 1.23 bits per heavy atom. The zero-order valence-corrected chi connectivity index (χ0v) is 19.1. The quantitative estimate of drug-likeness (QED) is 0.527. The van der Waals surface area contributed by atoms with E-state index in [1.54, 1.807) is 27.9 Å². The van der Waals surface area contributed by atoms with Crippen molar-refractivity contribution in [2.75, 3.05) is 24.6 Å². The number of amides is 1. The van der Waals surface area contributed by atoms with E-state index in [0.717, 1.165) is 5.56 Å². The molecule has 0 N–H and O–H groups in total. The van der Waals surface area contributed by atoms with Gasteiger partial charge in [-0.2, -0.15) is 0 Å². The van der Waals surface area contributed by atoms with Crippen LogP contribution in [0.1, 0.15) is 12.2 Å². The molecule has 1 saturated heterocycles. The predicted molar refractivity (Wildman–Crippen MR) is 116 cm³/mol. The molecule has 164 valence electrons. The molecule has 0 bridgehead atoms. The van der Waals surface area contributed by atoms with E-state index in [1.807, 2.05) is 19.2 Å². The third kappa shape index (κ3) is 5.28. The second-order valence-corrected chi connectivity index (χ2v) is 10.8. The maximum absolute atomic E-state index is 12.6. The first-order valence-corrected chi connectivity index (χ1v) is 12.6. The van der Waals surface area contributed by atoms with Gasteiger partial charge in [0.05, 0.1) is 11.5 Å². The van der Waals surface area contributed by atoms with Crippen LogP contribution in [0, 0.1) is 0 Å². The summed E-state index contributed by atoms with van der Waals surface area (Å²) in [5.74, 6) is 0.492. The molecule has 1 fully saturated rings. The lowest BCUT2D eigenvalue weighted by atomic mass is 10.1. The Kier molecular flexibility index (Phi) is 6.35. The van der Waals surface area contributed by atoms with Crippen LogP contribution in [0.3, 0.4) is 0 Å². The van der Waals surface area contributed by atoms with Crippen molar-refractivity contribution >= 4 is 39.1 Å². The summed E-state index contributed by atoms with van der Waals surface area (Å²) in [4.78, 5) is 18.8. The van der Waals surface area contributed by atoms with E-state index in [2.05, 4.69) is 15.2 Å². The number of nitrogens with zero attached hydrogens (tertiary/aromatic N) is 5. The number of rotatable bonds is 6. The fourth-order valence-electron chi connectivity index (χ4n) is 3.16. The monoisotopic (exact) mass is 481 g/mol. The second-order valence-electron chi connectivity index (χ2n) is 7.12. The summed E-state index contributed by atoms with van der Waals surface area (Å²) in [6, 6.07) is 7.23. The van der Waals surface area contributed by atoms with Gasteiger partial charge in [0.25, 0.3) is 5.22 Å². The number of aryl methyl sites for hydroxylation is 2. The minimum Gasteiger partial charge on any atom is -0.436 e. The number of aromatic nitrogens is 4. The summed E-state index contributed by atoms with van der Waals surface area (Å²) < 4.78 is 30.9. The number of hydrogen-bond donors (Lipinski definition) is 0. The van der Waals surface area contributed by atoms with Crippen molar-refractivity contribution in [1.29, 1.82) is 0 Å². The molecule has 0 spiro atoms. The molecule has 1 aliphatic rings. The van der Waals surface area contributed by atoms with E-state index in [1.165, 1.54) is 11.8 Å². The van der Waals surface area contributed by atoms with Gasteiger partial charge in [0.15, 0.2) is 15.0 Å². The standard InChI is InChI=1S/C19H20ClN5O4S2/c1-24-12-21-23-18(24)30-19-22-17(13-2-4-14(20)5-3-13)15(29-19)6-7-16(26)25-8-10-31(27,28)11-9-25/h2-5,12H,6-11H2,1H3. The highest BCUT2D eigenvalue weighted by Crippen LogP contribution is 2.33. The van der Waals surface area contributed by atoms with Crippen molar-refractivity contribution in [3.63, 3.8) is 0 Å². The zero-order chi connectivity index (χ0) is 22.0. The molecule has 0 unspecified atom stereocenters. The number of sulfone groups is 1. The van der Waals surface area contributed by atoms with E-state index in [4.69, 9.17) is 16.0 Å². The average Bonchev–Trinajstić information content (AvgIpc) is 3.33. The van der Waals surface area contributed by atoms with Crippen LogP contribution in [0.4, 0.5) is 0 Å². The largest absolute Gasteiger partial charge is 0.436 e. The second kappa shape index (κ2) is 9.01. The molecule has 31 heavy (non-hydrogen) atoms. The van der Waals surface area contributed by atoms with Gasteiger partial charge in [-0.05, 0) is 12.1 Å². The lowest BCUT2D eigenvalue weighted by molar-refractivity contribution is -0.130. The lowest BCUT2D eigenvalue weighted by Gasteiger charge is -2.26. The molecule has 0 atom stereocenters. The molecule has 2 aromatic heterocycles. The number of oxazole rings is 1. The predicted octanol–water partition coefficient (Wildman–Crippen LogP) is 2.46. The van der Waals surface area contributed by atoms with E-state index in [-0.39, 0.29) is 36.9 Å². The summed E-state index contributed by atoms with van der Waals surface area (Å²) in [5, 5.41) is 9.51. The molecule has 0 aliphatic carbocycles.